The van der Waals surface area contributed by atoms with Gasteiger partial charge in [-0.25, -0.2) is 4.79 Å². The molecular formula is C19H23N3O3S2. The number of methoxy groups -OCH3 is 1. The number of amides is 1. The number of carbonyl (C=O) groups excluding carboxylic acids is 2. The van der Waals surface area contributed by atoms with Gasteiger partial charge in [-0.15, -0.1) is 11.3 Å². The number of nitrogens with zero attached hydrogens (tertiary/aromatic N) is 1. The minimum Gasteiger partial charge on any atom is -0.465 e. The van der Waals surface area contributed by atoms with E-state index in [1.807, 2.05) is 44.2 Å². The van der Waals surface area contributed by atoms with Crippen LogP contribution in [0.25, 0.3) is 0 Å². The molecule has 1 amide bonds. The Hall–Kier alpha value is -2.45. The molecule has 2 aromatic rings. The van der Waals surface area contributed by atoms with Gasteiger partial charge in [-0.05, 0) is 50.7 Å². The average Bonchev–Trinajstić information content (AvgIpc) is 2.98. The van der Waals surface area contributed by atoms with E-state index in [1.54, 1.807) is 11.8 Å². The Bertz CT molecular complexity index is 830. The molecule has 2 rings (SSSR count). The molecule has 0 atom stereocenters. The zero-order chi connectivity index (χ0) is 20.0. The summed E-state index contributed by atoms with van der Waals surface area (Å²) in [5.41, 5.74) is 1.74. The molecule has 1 aromatic heterocycles. The van der Waals surface area contributed by atoms with E-state index in [0.29, 0.717) is 39.2 Å². The van der Waals surface area contributed by atoms with E-state index in [1.165, 1.54) is 18.4 Å². The highest BCUT2D eigenvalue weighted by atomic mass is 32.1. The van der Waals surface area contributed by atoms with Gasteiger partial charge >= 0.3 is 5.97 Å². The highest BCUT2D eigenvalue weighted by molar-refractivity contribution is 7.80. The van der Waals surface area contributed by atoms with E-state index in [-0.39, 0.29) is 5.91 Å². The van der Waals surface area contributed by atoms with Crippen molar-refractivity contribution in [2.45, 2.75) is 20.8 Å². The average molecular weight is 406 g/mol. The molecule has 0 aliphatic carbocycles. The van der Waals surface area contributed by atoms with E-state index in [4.69, 9.17) is 17.0 Å². The van der Waals surface area contributed by atoms with Gasteiger partial charge in [0.25, 0.3) is 5.91 Å². The Kier molecular flexibility index (Phi) is 7.32. The fourth-order valence-electron chi connectivity index (χ4n) is 2.59. The van der Waals surface area contributed by atoms with Crippen LogP contribution in [0.2, 0.25) is 0 Å². The zero-order valence-electron chi connectivity index (χ0n) is 15.8. The standard InChI is InChI=1S/C19H23N3O3S2/c1-5-22(6-2)17(23)15-12(3)14(18(24)25-4)16(27-15)21-19(26)20-13-10-8-7-9-11-13/h7-11H,5-6H2,1-4H3,(H2,20,21,26). The number of para-hydroxylation sites is 1. The third kappa shape index (κ3) is 4.84. The molecule has 6 nitrogen and oxygen atoms in total. The second kappa shape index (κ2) is 9.48. The molecule has 0 spiro atoms. The van der Waals surface area contributed by atoms with Crippen LogP contribution in [0.1, 0.15) is 39.4 Å². The maximum Gasteiger partial charge on any atom is 0.341 e. The molecule has 1 aromatic carbocycles. The van der Waals surface area contributed by atoms with Gasteiger partial charge in [0.15, 0.2) is 5.11 Å². The first-order valence-electron chi connectivity index (χ1n) is 8.56. The van der Waals surface area contributed by atoms with E-state index in [9.17, 15) is 9.59 Å². The van der Waals surface area contributed by atoms with Gasteiger partial charge in [0.1, 0.15) is 5.00 Å². The van der Waals surface area contributed by atoms with E-state index in [2.05, 4.69) is 10.6 Å². The SMILES string of the molecule is CCN(CC)C(=O)c1sc(NC(=S)Nc2ccccc2)c(C(=O)OC)c1C. The zero-order valence-corrected chi connectivity index (χ0v) is 17.4. The normalized spacial score (nSPS) is 10.2. The quantitative estimate of drug-likeness (QED) is 0.556. The Balaban J connectivity index is 2.34. The number of anilines is 2. The number of thiocarbonyl (C=S) groups is 1. The monoisotopic (exact) mass is 405 g/mol. The summed E-state index contributed by atoms with van der Waals surface area (Å²) in [6.07, 6.45) is 0. The van der Waals surface area contributed by atoms with Crippen molar-refractivity contribution in [1.82, 2.24) is 4.90 Å². The summed E-state index contributed by atoms with van der Waals surface area (Å²) in [5.74, 6) is -0.616. The van der Waals surface area contributed by atoms with Crippen LogP contribution in [-0.4, -0.2) is 42.1 Å². The first kappa shape index (κ1) is 20.9. The first-order valence-corrected chi connectivity index (χ1v) is 9.79. The predicted molar refractivity (Wildman–Crippen MR) is 114 cm³/mol. The van der Waals surface area contributed by atoms with Crippen LogP contribution < -0.4 is 10.6 Å². The third-order valence-corrected chi connectivity index (χ3v) is 5.44. The highest BCUT2D eigenvalue weighted by Gasteiger charge is 2.27. The van der Waals surface area contributed by atoms with E-state index in [0.717, 1.165) is 5.69 Å². The van der Waals surface area contributed by atoms with Crippen molar-refractivity contribution < 1.29 is 14.3 Å². The van der Waals surface area contributed by atoms with Crippen LogP contribution >= 0.6 is 23.6 Å². The van der Waals surface area contributed by atoms with Crippen molar-refractivity contribution >= 4 is 51.2 Å². The lowest BCUT2D eigenvalue weighted by molar-refractivity contribution is 0.0601. The number of carbonyl (C=O) groups is 2. The fraction of sp³-hybridized carbons (Fsp3) is 0.316. The summed E-state index contributed by atoms with van der Waals surface area (Å²) in [7, 11) is 1.32. The molecule has 0 saturated carbocycles. The lowest BCUT2D eigenvalue weighted by atomic mass is 10.1. The van der Waals surface area contributed by atoms with Crippen LogP contribution in [0, 0.1) is 6.92 Å². The number of ether oxygens (including phenoxy) is 1. The lowest BCUT2D eigenvalue weighted by Gasteiger charge is -2.17. The number of nitrogens with one attached hydrogen (secondary N) is 2. The first-order chi connectivity index (χ1) is 12.9. The summed E-state index contributed by atoms with van der Waals surface area (Å²) < 4.78 is 4.90. The van der Waals surface area contributed by atoms with Crippen molar-refractivity contribution in [2.24, 2.45) is 0 Å². The highest BCUT2D eigenvalue weighted by Crippen LogP contribution is 2.34. The van der Waals surface area contributed by atoms with Crippen LogP contribution in [0.4, 0.5) is 10.7 Å². The van der Waals surface area contributed by atoms with Gasteiger partial charge in [0.05, 0.1) is 17.6 Å². The number of thiophene rings is 1. The summed E-state index contributed by atoms with van der Waals surface area (Å²) >= 11 is 6.56. The van der Waals surface area contributed by atoms with Gasteiger partial charge in [-0.3, -0.25) is 4.79 Å². The number of esters is 1. The third-order valence-electron chi connectivity index (χ3n) is 4.04. The number of rotatable bonds is 6. The molecule has 0 aliphatic rings. The second-order valence-corrected chi connectivity index (χ2v) is 7.10. The van der Waals surface area contributed by atoms with Crippen LogP contribution in [0.15, 0.2) is 30.3 Å². The summed E-state index contributed by atoms with van der Waals surface area (Å²) in [6, 6.07) is 9.45. The molecular weight excluding hydrogens is 382 g/mol. The Labute approximate surface area is 168 Å². The molecule has 27 heavy (non-hydrogen) atoms. The molecule has 0 saturated heterocycles. The minimum absolute atomic E-state index is 0.109. The van der Waals surface area contributed by atoms with Crippen molar-refractivity contribution in [3.8, 4) is 0 Å². The smallest absolute Gasteiger partial charge is 0.341 e. The van der Waals surface area contributed by atoms with Gasteiger partial charge in [-0.2, -0.15) is 0 Å². The predicted octanol–water partition coefficient (Wildman–Crippen LogP) is 4.13. The van der Waals surface area contributed by atoms with Crippen LogP contribution in [-0.2, 0) is 4.74 Å². The topological polar surface area (TPSA) is 70.7 Å². The van der Waals surface area contributed by atoms with Crippen molar-refractivity contribution in [2.75, 3.05) is 30.8 Å². The molecule has 0 fully saturated rings. The van der Waals surface area contributed by atoms with Crippen molar-refractivity contribution in [3.05, 3.63) is 46.3 Å². The summed E-state index contributed by atoms with van der Waals surface area (Å²) in [5, 5.41) is 6.91. The van der Waals surface area contributed by atoms with Gasteiger partial charge in [0.2, 0.25) is 0 Å². The molecule has 0 radical (unpaired) electrons. The maximum atomic E-state index is 12.8. The number of hydrogen-bond acceptors (Lipinski definition) is 5. The van der Waals surface area contributed by atoms with E-state index < -0.39 is 5.97 Å². The van der Waals surface area contributed by atoms with Gasteiger partial charge < -0.3 is 20.3 Å². The van der Waals surface area contributed by atoms with Gasteiger partial charge in [-0.1, -0.05) is 18.2 Å². The Morgan fingerprint density at radius 2 is 1.78 bits per heavy atom. The number of benzene rings is 1. The molecule has 0 unspecified atom stereocenters. The number of hydrogen-bond donors (Lipinski definition) is 2. The summed E-state index contributed by atoms with van der Waals surface area (Å²) in [6.45, 7) is 6.78. The van der Waals surface area contributed by atoms with Crippen molar-refractivity contribution in [3.63, 3.8) is 0 Å². The van der Waals surface area contributed by atoms with Gasteiger partial charge in [0, 0.05) is 18.8 Å². The van der Waals surface area contributed by atoms with E-state index >= 15 is 0 Å². The van der Waals surface area contributed by atoms with Crippen molar-refractivity contribution in [1.29, 1.82) is 0 Å². The molecule has 0 aliphatic heterocycles. The molecule has 0 bridgehead atoms. The molecule has 2 N–H and O–H groups in total. The molecule has 144 valence electrons. The second-order valence-electron chi connectivity index (χ2n) is 5.67. The van der Waals surface area contributed by atoms with Crippen LogP contribution in [0.5, 0.6) is 0 Å². The largest absolute Gasteiger partial charge is 0.465 e. The minimum atomic E-state index is -0.507. The van der Waals surface area contributed by atoms with Crippen LogP contribution in [0.3, 0.4) is 0 Å². The fourth-order valence-corrected chi connectivity index (χ4v) is 4.05. The molecule has 8 heteroatoms. The Morgan fingerprint density at radius 3 is 2.33 bits per heavy atom. The Morgan fingerprint density at radius 1 is 1.15 bits per heavy atom. The maximum absolute atomic E-state index is 12.8. The molecule has 1 heterocycles. The lowest BCUT2D eigenvalue weighted by Crippen LogP contribution is -2.30. The summed E-state index contributed by atoms with van der Waals surface area (Å²) in [4.78, 5) is 27.3.